The van der Waals surface area contributed by atoms with E-state index >= 15 is 0 Å². The van der Waals surface area contributed by atoms with Gasteiger partial charge in [0.15, 0.2) is 5.58 Å². The number of imidazole rings is 1. The minimum Gasteiger partial charge on any atom is -0.356 e. The minimum atomic E-state index is 0.0931. The number of rotatable bonds is 2. The summed E-state index contributed by atoms with van der Waals surface area (Å²) >= 11 is 0. The van der Waals surface area contributed by atoms with E-state index in [1.807, 2.05) is 16.5 Å². The molecule has 1 aromatic carbocycles. The van der Waals surface area contributed by atoms with Gasteiger partial charge < -0.3 is 9.42 Å². The smallest absolute Gasteiger partial charge is 0.254 e. The number of hydrogen-bond acceptors (Lipinski definition) is 5. The van der Waals surface area contributed by atoms with Crippen LogP contribution in [0.25, 0.3) is 28.0 Å². The summed E-state index contributed by atoms with van der Waals surface area (Å²) in [4.78, 5) is 19.7. The zero-order valence-corrected chi connectivity index (χ0v) is 16.3. The number of nitrogens with zero attached hydrogens (tertiary/aromatic N) is 5. The molecule has 4 aromatic rings. The fourth-order valence-corrected chi connectivity index (χ4v) is 5.07. The molecule has 5 heterocycles. The van der Waals surface area contributed by atoms with Crippen LogP contribution >= 0.6 is 0 Å². The Labute approximate surface area is 172 Å². The number of pyridine rings is 1. The van der Waals surface area contributed by atoms with Crippen LogP contribution in [0.4, 0.5) is 0 Å². The Morgan fingerprint density at radius 1 is 1.13 bits per heavy atom. The molecule has 7 heteroatoms. The Kier molecular flexibility index (Phi) is 3.69. The van der Waals surface area contributed by atoms with Crippen LogP contribution in [0.1, 0.15) is 48.0 Å². The number of piperidine rings is 1. The molecule has 2 saturated heterocycles. The number of benzene rings is 1. The van der Waals surface area contributed by atoms with Crippen molar-refractivity contribution in [2.45, 2.75) is 44.2 Å². The summed E-state index contributed by atoms with van der Waals surface area (Å²) in [5, 5.41) is 14.3. The second-order valence-corrected chi connectivity index (χ2v) is 8.17. The number of amides is 1. The maximum Gasteiger partial charge on any atom is 0.254 e. The summed E-state index contributed by atoms with van der Waals surface area (Å²) in [6.45, 7) is 0. The molecule has 2 aliphatic heterocycles. The van der Waals surface area contributed by atoms with Crippen LogP contribution in [0.15, 0.2) is 47.2 Å². The lowest BCUT2D eigenvalue weighted by Gasteiger charge is -2.34. The first-order chi connectivity index (χ1) is 14.7. The van der Waals surface area contributed by atoms with Crippen LogP contribution in [0.3, 0.4) is 0 Å². The number of hydrogen-bond donors (Lipinski definition) is 0. The largest absolute Gasteiger partial charge is 0.356 e. The van der Waals surface area contributed by atoms with Gasteiger partial charge in [-0.05, 0) is 62.4 Å². The second-order valence-electron chi connectivity index (χ2n) is 8.17. The van der Waals surface area contributed by atoms with Crippen LogP contribution in [0.5, 0.6) is 0 Å². The summed E-state index contributed by atoms with van der Waals surface area (Å²) in [6, 6.07) is 12.0. The van der Waals surface area contributed by atoms with Crippen molar-refractivity contribution in [2.24, 2.45) is 0 Å². The van der Waals surface area contributed by atoms with Crippen molar-refractivity contribution >= 4 is 22.5 Å². The van der Waals surface area contributed by atoms with Crippen LogP contribution in [0.2, 0.25) is 0 Å². The molecule has 0 spiro atoms. The van der Waals surface area contributed by atoms with Gasteiger partial charge in [-0.3, -0.25) is 9.20 Å². The summed E-state index contributed by atoms with van der Waals surface area (Å²) < 4.78 is 7.43. The molecule has 3 aromatic heterocycles. The van der Waals surface area contributed by atoms with Crippen molar-refractivity contribution in [2.75, 3.05) is 0 Å². The standard InChI is InChI=1S/C23H19N5O2/c24-11-14-4-9-21-25-12-19(27(21)13-14)22-18-8-5-15(10-20(18)30-26-22)23(29)28-16-2-1-3-17(28)7-6-16/h4-5,8-10,12-13,16-17H,1-3,6-7H2. The molecular weight excluding hydrogens is 378 g/mol. The van der Waals surface area contributed by atoms with Crippen molar-refractivity contribution in [3.63, 3.8) is 0 Å². The predicted octanol–water partition coefficient (Wildman–Crippen LogP) is 4.17. The third-order valence-electron chi connectivity index (χ3n) is 6.53. The normalized spacial score (nSPS) is 20.7. The lowest BCUT2D eigenvalue weighted by molar-refractivity contribution is 0.0595. The highest BCUT2D eigenvalue weighted by molar-refractivity contribution is 6.00. The molecule has 2 unspecified atom stereocenters. The van der Waals surface area contributed by atoms with Crippen LogP contribution in [0, 0.1) is 11.3 Å². The van der Waals surface area contributed by atoms with Gasteiger partial charge in [0.2, 0.25) is 0 Å². The predicted molar refractivity (Wildman–Crippen MR) is 110 cm³/mol. The zero-order chi connectivity index (χ0) is 20.2. The molecule has 30 heavy (non-hydrogen) atoms. The highest BCUT2D eigenvalue weighted by atomic mass is 16.5. The third-order valence-corrected chi connectivity index (χ3v) is 6.53. The highest BCUT2D eigenvalue weighted by Crippen LogP contribution is 2.37. The Morgan fingerprint density at radius 2 is 1.97 bits per heavy atom. The number of fused-ring (bicyclic) bond motifs is 4. The van der Waals surface area contributed by atoms with E-state index in [2.05, 4.69) is 21.1 Å². The Bertz CT molecular complexity index is 1330. The van der Waals surface area contributed by atoms with E-state index in [4.69, 9.17) is 4.52 Å². The van der Waals surface area contributed by atoms with E-state index < -0.39 is 0 Å². The average molecular weight is 397 g/mol. The SMILES string of the molecule is N#Cc1ccc2ncc(-c3noc4cc(C(=O)N5C6CCCC5CC6)ccc34)n2c1. The first kappa shape index (κ1) is 17.2. The molecule has 2 atom stereocenters. The maximum absolute atomic E-state index is 13.2. The first-order valence-corrected chi connectivity index (χ1v) is 10.3. The highest BCUT2D eigenvalue weighted by Gasteiger charge is 2.39. The molecule has 0 aliphatic carbocycles. The van der Waals surface area contributed by atoms with Gasteiger partial charge in [-0.1, -0.05) is 5.16 Å². The molecule has 0 saturated carbocycles. The molecule has 2 bridgehead atoms. The molecule has 1 amide bonds. The molecule has 0 radical (unpaired) electrons. The molecular formula is C23H19N5O2. The van der Waals surface area contributed by atoms with E-state index in [0.29, 0.717) is 34.5 Å². The summed E-state index contributed by atoms with van der Waals surface area (Å²) in [7, 11) is 0. The van der Waals surface area contributed by atoms with Crippen LogP contribution in [-0.2, 0) is 0 Å². The lowest BCUT2D eigenvalue weighted by Crippen LogP contribution is -2.43. The number of aromatic nitrogens is 3. The van der Waals surface area contributed by atoms with Crippen molar-refractivity contribution < 1.29 is 9.32 Å². The monoisotopic (exact) mass is 397 g/mol. The lowest BCUT2D eigenvalue weighted by atomic mass is 10.0. The van der Waals surface area contributed by atoms with Gasteiger partial charge in [-0.2, -0.15) is 5.26 Å². The number of carbonyl (C=O) groups excluding carboxylic acids is 1. The third kappa shape index (κ3) is 2.47. The van der Waals surface area contributed by atoms with E-state index in [0.717, 1.165) is 42.4 Å². The van der Waals surface area contributed by atoms with Crippen molar-refractivity contribution in [1.82, 2.24) is 19.4 Å². The van der Waals surface area contributed by atoms with E-state index in [1.54, 1.807) is 30.6 Å². The van der Waals surface area contributed by atoms with E-state index in [-0.39, 0.29) is 5.91 Å². The van der Waals surface area contributed by atoms with Crippen molar-refractivity contribution in [3.05, 3.63) is 53.9 Å². The summed E-state index contributed by atoms with van der Waals surface area (Å²) in [5.41, 5.74) is 3.88. The van der Waals surface area contributed by atoms with Gasteiger partial charge in [0, 0.05) is 23.8 Å². The molecule has 0 N–H and O–H groups in total. The Hall–Kier alpha value is -3.66. The van der Waals surface area contributed by atoms with Crippen molar-refractivity contribution in [3.8, 4) is 17.5 Å². The quantitative estimate of drug-likeness (QED) is 0.507. The fraction of sp³-hybridized carbons (Fsp3) is 0.304. The average Bonchev–Trinajstić information content (AvgIpc) is 3.45. The van der Waals surface area contributed by atoms with Gasteiger partial charge in [0.1, 0.15) is 17.4 Å². The Balaban J connectivity index is 1.40. The van der Waals surface area contributed by atoms with Gasteiger partial charge >= 0.3 is 0 Å². The fourth-order valence-electron chi connectivity index (χ4n) is 5.07. The zero-order valence-electron chi connectivity index (χ0n) is 16.3. The number of carbonyl (C=O) groups is 1. The summed E-state index contributed by atoms with van der Waals surface area (Å²) in [6.07, 6.45) is 9.12. The number of nitriles is 1. The molecule has 6 rings (SSSR count). The molecule has 2 aliphatic rings. The van der Waals surface area contributed by atoms with Crippen LogP contribution < -0.4 is 0 Å². The van der Waals surface area contributed by atoms with E-state index in [1.165, 1.54) is 6.42 Å². The Morgan fingerprint density at radius 3 is 2.77 bits per heavy atom. The van der Waals surface area contributed by atoms with Crippen molar-refractivity contribution in [1.29, 1.82) is 5.26 Å². The molecule has 2 fully saturated rings. The topological polar surface area (TPSA) is 87.4 Å². The summed E-state index contributed by atoms with van der Waals surface area (Å²) in [5.74, 6) is 0.0931. The minimum absolute atomic E-state index is 0.0931. The van der Waals surface area contributed by atoms with Gasteiger partial charge in [0.25, 0.3) is 5.91 Å². The molecule has 7 nitrogen and oxygen atoms in total. The van der Waals surface area contributed by atoms with Gasteiger partial charge in [-0.25, -0.2) is 4.98 Å². The van der Waals surface area contributed by atoms with Crippen LogP contribution in [-0.4, -0.2) is 37.4 Å². The molecule has 148 valence electrons. The van der Waals surface area contributed by atoms with Gasteiger partial charge in [-0.15, -0.1) is 0 Å². The van der Waals surface area contributed by atoms with E-state index in [9.17, 15) is 10.1 Å². The first-order valence-electron chi connectivity index (χ1n) is 10.3. The maximum atomic E-state index is 13.2. The van der Waals surface area contributed by atoms with Gasteiger partial charge in [0.05, 0.1) is 22.8 Å². The second kappa shape index (κ2) is 6.42.